The number of esters is 1. The predicted octanol–water partition coefficient (Wildman–Crippen LogP) is 5.41. The van der Waals surface area contributed by atoms with Crippen molar-refractivity contribution in [2.75, 3.05) is 5.32 Å². The van der Waals surface area contributed by atoms with Crippen molar-refractivity contribution in [1.82, 2.24) is 0 Å². The summed E-state index contributed by atoms with van der Waals surface area (Å²) >= 11 is 6.15. The maximum absolute atomic E-state index is 12.5. The number of carbonyl (C=O) groups is 2. The van der Waals surface area contributed by atoms with Crippen LogP contribution in [0.3, 0.4) is 0 Å². The lowest BCUT2D eigenvalue weighted by Crippen LogP contribution is -2.14. The minimum Gasteiger partial charge on any atom is -0.459 e. The summed E-state index contributed by atoms with van der Waals surface area (Å²) in [6.45, 7) is 3.59. The van der Waals surface area contributed by atoms with E-state index in [1.807, 2.05) is 25.1 Å². The molecule has 0 saturated carbocycles. The number of rotatable bonds is 5. The number of carbonyl (C=O) groups excluding carboxylic acids is 2. The summed E-state index contributed by atoms with van der Waals surface area (Å²) in [5.41, 5.74) is 2.38. The maximum atomic E-state index is 12.5. The molecule has 1 heterocycles. The van der Waals surface area contributed by atoms with Crippen LogP contribution in [0.4, 0.5) is 5.69 Å². The second-order valence-electron chi connectivity index (χ2n) is 6.03. The van der Waals surface area contributed by atoms with E-state index in [1.165, 1.54) is 6.26 Å². The average Bonchev–Trinajstić information content (AvgIpc) is 3.18. The fourth-order valence-electron chi connectivity index (χ4n) is 2.57. The standard InChI is InChI=1S/C21H18ClNO4/c1-13-9-10-15(12-18(13)23-20(24)19-8-5-11-26-19)21(25)27-14(2)16-6-3-4-7-17(16)22/h3-12,14H,1-2H3,(H,23,24)/t14-/m1/s1. The third-order valence-corrected chi connectivity index (χ3v) is 4.44. The Morgan fingerprint density at radius 1 is 1.11 bits per heavy atom. The molecule has 3 rings (SSSR count). The Bertz CT molecular complexity index is 966. The minimum atomic E-state index is -0.506. The Labute approximate surface area is 161 Å². The summed E-state index contributed by atoms with van der Waals surface area (Å²) in [4.78, 5) is 24.7. The van der Waals surface area contributed by atoms with Crippen LogP contribution in [-0.4, -0.2) is 11.9 Å². The molecule has 0 bridgehead atoms. The number of ether oxygens (including phenoxy) is 1. The predicted molar refractivity (Wildman–Crippen MR) is 103 cm³/mol. The zero-order chi connectivity index (χ0) is 19.4. The van der Waals surface area contributed by atoms with Gasteiger partial charge in [0.05, 0.1) is 11.8 Å². The van der Waals surface area contributed by atoms with Gasteiger partial charge in [-0.05, 0) is 49.7 Å². The van der Waals surface area contributed by atoms with Gasteiger partial charge in [0, 0.05) is 16.3 Å². The topological polar surface area (TPSA) is 68.5 Å². The Kier molecular flexibility index (Phi) is 5.62. The summed E-state index contributed by atoms with van der Waals surface area (Å²) in [7, 11) is 0. The molecule has 138 valence electrons. The molecule has 0 aliphatic heterocycles. The SMILES string of the molecule is Cc1ccc(C(=O)O[C@H](C)c2ccccc2Cl)cc1NC(=O)c1ccco1. The fourth-order valence-corrected chi connectivity index (χ4v) is 2.86. The van der Waals surface area contributed by atoms with Gasteiger partial charge in [0.15, 0.2) is 5.76 Å². The van der Waals surface area contributed by atoms with E-state index in [-0.39, 0.29) is 5.76 Å². The lowest BCUT2D eigenvalue weighted by Gasteiger charge is -2.16. The molecule has 3 aromatic rings. The van der Waals surface area contributed by atoms with Gasteiger partial charge in [-0.15, -0.1) is 0 Å². The van der Waals surface area contributed by atoms with Crippen molar-refractivity contribution in [2.24, 2.45) is 0 Å². The third kappa shape index (κ3) is 4.38. The lowest BCUT2D eigenvalue weighted by atomic mass is 10.1. The summed E-state index contributed by atoms with van der Waals surface area (Å²) < 4.78 is 10.6. The molecule has 0 radical (unpaired) electrons. The van der Waals surface area contributed by atoms with Crippen molar-refractivity contribution in [2.45, 2.75) is 20.0 Å². The number of halogens is 1. The largest absolute Gasteiger partial charge is 0.459 e. The van der Waals surface area contributed by atoms with Crippen LogP contribution in [0.15, 0.2) is 65.3 Å². The van der Waals surface area contributed by atoms with Crippen LogP contribution in [0.2, 0.25) is 5.02 Å². The van der Waals surface area contributed by atoms with E-state index in [0.717, 1.165) is 11.1 Å². The van der Waals surface area contributed by atoms with E-state index in [0.29, 0.717) is 16.3 Å². The first-order valence-corrected chi connectivity index (χ1v) is 8.74. The van der Waals surface area contributed by atoms with Gasteiger partial charge >= 0.3 is 5.97 Å². The molecule has 1 atom stereocenters. The molecule has 0 unspecified atom stereocenters. The quantitative estimate of drug-likeness (QED) is 0.598. The molecule has 1 aromatic heterocycles. The minimum absolute atomic E-state index is 0.190. The molecule has 0 fully saturated rings. The van der Waals surface area contributed by atoms with Gasteiger partial charge in [-0.25, -0.2) is 4.79 Å². The van der Waals surface area contributed by atoms with Crippen molar-refractivity contribution in [3.63, 3.8) is 0 Å². The molecule has 5 nitrogen and oxygen atoms in total. The van der Waals surface area contributed by atoms with Gasteiger partial charge in [-0.1, -0.05) is 35.9 Å². The van der Waals surface area contributed by atoms with Crippen LogP contribution in [0.5, 0.6) is 0 Å². The third-order valence-electron chi connectivity index (χ3n) is 4.09. The number of benzene rings is 2. The number of anilines is 1. The Hall–Kier alpha value is -3.05. The van der Waals surface area contributed by atoms with Crippen molar-refractivity contribution in [3.8, 4) is 0 Å². The van der Waals surface area contributed by atoms with Crippen molar-refractivity contribution >= 4 is 29.2 Å². The number of furan rings is 1. The number of hydrogen-bond acceptors (Lipinski definition) is 4. The van der Waals surface area contributed by atoms with Crippen LogP contribution in [0.1, 0.15) is 45.1 Å². The first-order chi connectivity index (χ1) is 13.0. The van der Waals surface area contributed by atoms with Gasteiger partial charge in [0.25, 0.3) is 5.91 Å². The average molecular weight is 384 g/mol. The smallest absolute Gasteiger partial charge is 0.338 e. The maximum Gasteiger partial charge on any atom is 0.338 e. The Balaban J connectivity index is 1.75. The molecule has 27 heavy (non-hydrogen) atoms. The number of aryl methyl sites for hydroxylation is 1. The van der Waals surface area contributed by atoms with E-state index < -0.39 is 18.0 Å². The molecule has 6 heteroatoms. The Morgan fingerprint density at radius 3 is 2.59 bits per heavy atom. The summed E-state index contributed by atoms with van der Waals surface area (Å²) in [6.07, 6.45) is 0.916. The highest BCUT2D eigenvalue weighted by Crippen LogP contribution is 2.26. The molecular formula is C21H18ClNO4. The first-order valence-electron chi connectivity index (χ1n) is 8.36. The summed E-state index contributed by atoms with van der Waals surface area (Å²) in [5, 5.41) is 3.28. The van der Waals surface area contributed by atoms with Gasteiger partial charge in [0.2, 0.25) is 0 Å². The van der Waals surface area contributed by atoms with Gasteiger partial charge in [-0.2, -0.15) is 0 Å². The monoisotopic (exact) mass is 383 g/mol. The zero-order valence-electron chi connectivity index (χ0n) is 14.9. The molecule has 2 aromatic carbocycles. The molecule has 0 spiro atoms. The fraction of sp³-hybridized carbons (Fsp3) is 0.143. The van der Waals surface area contributed by atoms with E-state index in [2.05, 4.69) is 5.32 Å². The van der Waals surface area contributed by atoms with Gasteiger partial charge < -0.3 is 14.5 Å². The van der Waals surface area contributed by atoms with E-state index in [4.69, 9.17) is 20.8 Å². The highest BCUT2D eigenvalue weighted by Gasteiger charge is 2.18. The van der Waals surface area contributed by atoms with Gasteiger partial charge in [0.1, 0.15) is 6.10 Å². The van der Waals surface area contributed by atoms with Crippen molar-refractivity contribution in [3.05, 3.63) is 88.3 Å². The number of hydrogen-bond donors (Lipinski definition) is 1. The molecule has 0 aliphatic rings. The van der Waals surface area contributed by atoms with E-state index in [9.17, 15) is 9.59 Å². The highest BCUT2D eigenvalue weighted by molar-refractivity contribution is 6.31. The zero-order valence-corrected chi connectivity index (χ0v) is 15.6. The van der Waals surface area contributed by atoms with Crippen molar-refractivity contribution < 1.29 is 18.7 Å². The Morgan fingerprint density at radius 2 is 1.89 bits per heavy atom. The van der Waals surface area contributed by atoms with Crippen LogP contribution >= 0.6 is 11.6 Å². The number of nitrogens with one attached hydrogen (secondary N) is 1. The van der Waals surface area contributed by atoms with E-state index in [1.54, 1.807) is 43.3 Å². The van der Waals surface area contributed by atoms with E-state index >= 15 is 0 Å². The van der Waals surface area contributed by atoms with Crippen LogP contribution < -0.4 is 5.32 Å². The van der Waals surface area contributed by atoms with Crippen LogP contribution in [0, 0.1) is 6.92 Å². The summed E-state index contributed by atoms with van der Waals surface area (Å²) in [5.74, 6) is -0.705. The normalized spacial score (nSPS) is 11.7. The lowest BCUT2D eigenvalue weighted by molar-refractivity contribution is 0.0338. The van der Waals surface area contributed by atoms with Crippen molar-refractivity contribution in [1.29, 1.82) is 0 Å². The highest BCUT2D eigenvalue weighted by atomic mass is 35.5. The molecule has 1 amide bonds. The first kappa shape index (κ1) is 18.7. The van der Waals surface area contributed by atoms with Crippen LogP contribution in [-0.2, 0) is 4.74 Å². The molecule has 0 saturated heterocycles. The van der Waals surface area contributed by atoms with Gasteiger partial charge in [-0.3, -0.25) is 4.79 Å². The number of amides is 1. The molecule has 0 aliphatic carbocycles. The van der Waals surface area contributed by atoms with Crippen LogP contribution in [0.25, 0.3) is 0 Å². The molecule has 1 N–H and O–H groups in total. The second-order valence-corrected chi connectivity index (χ2v) is 6.44. The summed E-state index contributed by atoms with van der Waals surface area (Å²) in [6, 6.07) is 15.4. The molecular weight excluding hydrogens is 366 g/mol. The second kappa shape index (κ2) is 8.10.